The molecular formula is C22H25N7O2. The van der Waals surface area contributed by atoms with Crippen molar-refractivity contribution in [1.29, 1.82) is 0 Å². The van der Waals surface area contributed by atoms with Crippen LogP contribution in [0.15, 0.2) is 30.7 Å². The Kier molecular flexibility index (Phi) is 4.72. The lowest BCUT2D eigenvalue weighted by Gasteiger charge is -2.32. The van der Waals surface area contributed by atoms with Crippen LogP contribution in [0.25, 0.3) is 5.69 Å². The van der Waals surface area contributed by atoms with Crippen LogP contribution in [-0.4, -0.2) is 45.1 Å². The van der Waals surface area contributed by atoms with Gasteiger partial charge in [-0.05, 0) is 38.3 Å². The molecule has 1 amide bonds. The van der Waals surface area contributed by atoms with Crippen molar-refractivity contribution in [2.75, 3.05) is 29.2 Å². The molecule has 9 heteroatoms. The van der Waals surface area contributed by atoms with Gasteiger partial charge in [0.05, 0.1) is 30.5 Å². The van der Waals surface area contributed by atoms with E-state index in [1.807, 2.05) is 42.8 Å². The van der Waals surface area contributed by atoms with Gasteiger partial charge in [0.1, 0.15) is 17.5 Å². The lowest BCUT2D eigenvalue weighted by Crippen LogP contribution is -2.45. The van der Waals surface area contributed by atoms with Gasteiger partial charge in [0, 0.05) is 24.5 Å². The molecule has 0 aliphatic carbocycles. The summed E-state index contributed by atoms with van der Waals surface area (Å²) in [4.78, 5) is 28.3. The molecule has 1 saturated heterocycles. The normalized spacial score (nSPS) is 17.2. The Bertz CT molecular complexity index is 1160. The number of ether oxygens (including phenoxy) is 1. The van der Waals surface area contributed by atoms with E-state index in [0.717, 1.165) is 53.7 Å². The van der Waals surface area contributed by atoms with Crippen LogP contribution in [0, 0.1) is 6.92 Å². The fourth-order valence-electron chi connectivity index (χ4n) is 4.29. The van der Waals surface area contributed by atoms with E-state index in [2.05, 4.69) is 25.5 Å². The molecule has 2 N–H and O–H groups in total. The number of hydrogen-bond acceptors (Lipinski definition) is 7. The van der Waals surface area contributed by atoms with Crippen molar-refractivity contribution in [2.24, 2.45) is 0 Å². The molecule has 1 aromatic carbocycles. The Hall–Kier alpha value is -3.62. The number of anilines is 4. The molecule has 0 spiro atoms. The summed E-state index contributed by atoms with van der Waals surface area (Å²) in [5.74, 6) is 2.06. The number of benzene rings is 1. The van der Waals surface area contributed by atoms with Crippen LogP contribution in [-0.2, 0) is 11.2 Å². The smallest absolute Gasteiger partial charge is 0.247 e. The first-order valence-electron chi connectivity index (χ1n) is 10.5. The minimum atomic E-state index is -0.141. The summed E-state index contributed by atoms with van der Waals surface area (Å²) in [6.45, 7) is 4.81. The SMILES string of the molecule is CCc1nc(Nc2ccc(-n3cnc(C)c3)c(OC)c2)nc2c1NC(=O)C1CCCN21. The highest BCUT2D eigenvalue weighted by atomic mass is 16.5. The van der Waals surface area contributed by atoms with Gasteiger partial charge in [0.2, 0.25) is 11.9 Å². The first-order chi connectivity index (χ1) is 15.1. The van der Waals surface area contributed by atoms with E-state index in [0.29, 0.717) is 18.1 Å². The maximum absolute atomic E-state index is 12.5. The van der Waals surface area contributed by atoms with Gasteiger partial charge in [-0.15, -0.1) is 0 Å². The highest BCUT2D eigenvalue weighted by Crippen LogP contribution is 2.38. The number of nitrogens with one attached hydrogen (secondary N) is 2. The number of carbonyl (C=O) groups excluding carboxylic acids is 1. The zero-order valence-electron chi connectivity index (χ0n) is 17.8. The van der Waals surface area contributed by atoms with Gasteiger partial charge in [-0.1, -0.05) is 6.92 Å². The van der Waals surface area contributed by atoms with Crippen molar-refractivity contribution < 1.29 is 9.53 Å². The van der Waals surface area contributed by atoms with Crippen molar-refractivity contribution in [3.63, 3.8) is 0 Å². The minimum Gasteiger partial charge on any atom is -0.494 e. The fourth-order valence-corrected chi connectivity index (χ4v) is 4.29. The monoisotopic (exact) mass is 419 g/mol. The van der Waals surface area contributed by atoms with Gasteiger partial charge in [-0.2, -0.15) is 4.98 Å². The van der Waals surface area contributed by atoms with E-state index < -0.39 is 0 Å². The van der Waals surface area contributed by atoms with Crippen LogP contribution >= 0.6 is 0 Å². The number of amides is 1. The Labute approximate surface area is 180 Å². The lowest BCUT2D eigenvalue weighted by atomic mass is 10.1. The van der Waals surface area contributed by atoms with Crippen molar-refractivity contribution in [3.8, 4) is 11.4 Å². The summed E-state index contributed by atoms with van der Waals surface area (Å²) in [5.41, 5.74) is 4.21. The quantitative estimate of drug-likeness (QED) is 0.655. The number of aromatic nitrogens is 4. The van der Waals surface area contributed by atoms with E-state index in [9.17, 15) is 4.79 Å². The first-order valence-corrected chi connectivity index (χ1v) is 10.5. The zero-order chi connectivity index (χ0) is 21.5. The summed E-state index contributed by atoms with van der Waals surface area (Å²) in [7, 11) is 1.65. The van der Waals surface area contributed by atoms with E-state index in [1.54, 1.807) is 13.4 Å². The van der Waals surface area contributed by atoms with Crippen LogP contribution in [0.2, 0.25) is 0 Å². The zero-order valence-corrected chi connectivity index (χ0v) is 17.8. The van der Waals surface area contributed by atoms with Crippen LogP contribution in [0.4, 0.5) is 23.1 Å². The van der Waals surface area contributed by atoms with Crippen LogP contribution in [0.3, 0.4) is 0 Å². The second-order valence-electron chi connectivity index (χ2n) is 7.82. The molecule has 2 aliphatic heterocycles. The molecule has 1 unspecified atom stereocenters. The summed E-state index contributed by atoms with van der Waals surface area (Å²) >= 11 is 0. The number of rotatable bonds is 5. The third-order valence-electron chi connectivity index (χ3n) is 5.80. The molecule has 2 aliphatic rings. The number of imidazole rings is 1. The van der Waals surface area contributed by atoms with E-state index in [1.165, 1.54) is 0 Å². The first kappa shape index (κ1) is 19.3. The number of fused-ring (bicyclic) bond motifs is 3. The molecule has 3 aromatic rings. The second kappa shape index (κ2) is 7.57. The average molecular weight is 419 g/mol. The van der Waals surface area contributed by atoms with Crippen LogP contribution < -0.4 is 20.3 Å². The van der Waals surface area contributed by atoms with Crippen molar-refractivity contribution in [3.05, 3.63) is 42.1 Å². The van der Waals surface area contributed by atoms with Gasteiger partial charge in [-0.25, -0.2) is 9.97 Å². The van der Waals surface area contributed by atoms with Gasteiger partial charge < -0.3 is 24.8 Å². The van der Waals surface area contributed by atoms with Gasteiger partial charge in [0.25, 0.3) is 0 Å². The molecular weight excluding hydrogens is 394 g/mol. The molecule has 0 radical (unpaired) electrons. The summed E-state index contributed by atoms with van der Waals surface area (Å²) in [5, 5.41) is 6.34. The predicted molar refractivity (Wildman–Crippen MR) is 119 cm³/mol. The highest BCUT2D eigenvalue weighted by molar-refractivity contribution is 6.04. The average Bonchev–Trinajstić information content (AvgIpc) is 3.43. The van der Waals surface area contributed by atoms with Gasteiger partial charge in [-0.3, -0.25) is 4.79 Å². The van der Waals surface area contributed by atoms with Crippen molar-refractivity contribution in [1.82, 2.24) is 19.5 Å². The number of carbonyl (C=O) groups is 1. The predicted octanol–water partition coefficient (Wildman–Crippen LogP) is 3.21. The molecule has 0 bridgehead atoms. The Balaban J connectivity index is 1.49. The molecule has 31 heavy (non-hydrogen) atoms. The molecule has 4 heterocycles. The van der Waals surface area contributed by atoms with Crippen molar-refractivity contribution in [2.45, 2.75) is 39.2 Å². The second-order valence-corrected chi connectivity index (χ2v) is 7.82. The summed E-state index contributed by atoms with van der Waals surface area (Å²) in [6.07, 6.45) is 6.25. The van der Waals surface area contributed by atoms with Crippen molar-refractivity contribution >= 4 is 29.0 Å². The number of aryl methyl sites for hydroxylation is 2. The van der Waals surface area contributed by atoms with Gasteiger partial charge in [0.15, 0.2) is 5.82 Å². The Morgan fingerprint density at radius 2 is 2.19 bits per heavy atom. The molecule has 5 rings (SSSR count). The Morgan fingerprint density at radius 3 is 2.94 bits per heavy atom. The molecule has 9 nitrogen and oxygen atoms in total. The van der Waals surface area contributed by atoms with E-state index in [-0.39, 0.29) is 11.9 Å². The molecule has 160 valence electrons. The number of hydrogen-bond donors (Lipinski definition) is 2. The largest absolute Gasteiger partial charge is 0.494 e. The fraction of sp³-hybridized carbons (Fsp3) is 0.364. The summed E-state index contributed by atoms with van der Waals surface area (Å²) in [6, 6.07) is 5.71. The number of nitrogens with zero attached hydrogens (tertiary/aromatic N) is 5. The topological polar surface area (TPSA) is 97.2 Å². The van der Waals surface area contributed by atoms with Gasteiger partial charge >= 0.3 is 0 Å². The van der Waals surface area contributed by atoms with E-state index in [4.69, 9.17) is 9.72 Å². The number of methoxy groups -OCH3 is 1. The molecule has 0 saturated carbocycles. The molecule has 1 fully saturated rings. The van der Waals surface area contributed by atoms with Crippen LogP contribution in [0.5, 0.6) is 5.75 Å². The Morgan fingerprint density at radius 1 is 1.32 bits per heavy atom. The van der Waals surface area contributed by atoms with E-state index >= 15 is 0 Å². The van der Waals surface area contributed by atoms with Crippen LogP contribution in [0.1, 0.15) is 31.2 Å². The summed E-state index contributed by atoms with van der Waals surface area (Å²) < 4.78 is 7.54. The maximum atomic E-state index is 12.5. The minimum absolute atomic E-state index is 0.0408. The third kappa shape index (κ3) is 3.35. The molecule has 1 atom stereocenters. The maximum Gasteiger partial charge on any atom is 0.247 e. The third-order valence-corrected chi connectivity index (χ3v) is 5.80. The standard InChI is InChI=1S/C22H25N7O2/c1-4-15-19-20(29-9-5-6-17(29)21(30)26-19)27-22(25-15)24-14-7-8-16(18(10-14)31-3)28-11-13(2)23-12-28/h7-8,10-12,17H,4-6,9H2,1-3H3,(H,26,30)(H,24,25,27). The lowest BCUT2D eigenvalue weighted by molar-refractivity contribution is -0.117. The highest BCUT2D eigenvalue weighted by Gasteiger charge is 2.38. The molecule has 2 aromatic heterocycles.